The van der Waals surface area contributed by atoms with E-state index in [1.165, 1.54) is 12.1 Å². The van der Waals surface area contributed by atoms with Gasteiger partial charge in [-0.2, -0.15) is 4.98 Å². The number of H-pyrrole nitrogens is 1. The zero-order valence-corrected chi connectivity index (χ0v) is 19.2. The smallest absolute Gasteiger partial charge is 0.411 e. The number of aromatic amines is 1. The van der Waals surface area contributed by atoms with E-state index in [1.807, 2.05) is 18.2 Å². The highest BCUT2D eigenvalue weighted by Gasteiger charge is 2.19. The first-order valence-corrected chi connectivity index (χ1v) is 11.9. The van der Waals surface area contributed by atoms with Crippen LogP contribution in [0.15, 0.2) is 53.4 Å². The number of sulfonamides is 1. The molecule has 0 bridgehead atoms. The van der Waals surface area contributed by atoms with Gasteiger partial charge in [-0.15, -0.1) is 0 Å². The average Bonchev–Trinajstić information content (AvgIpc) is 3.13. The number of carbonyl (C=O) groups excluding carboxylic acids is 1. The summed E-state index contributed by atoms with van der Waals surface area (Å²) in [4.78, 5) is 18.6. The van der Waals surface area contributed by atoms with Gasteiger partial charge in [0.05, 0.1) is 11.5 Å². The van der Waals surface area contributed by atoms with Gasteiger partial charge in [-0.05, 0) is 43.2 Å². The molecule has 0 radical (unpaired) electrons. The van der Waals surface area contributed by atoms with Crippen LogP contribution < -0.4 is 19.9 Å². The quantitative estimate of drug-likeness (QED) is 0.345. The minimum Gasteiger partial charge on any atom is -0.478 e. The number of primary amides is 1. The van der Waals surface area contributed by atoms with Gasteiger partial charge < -0.3 is 20.2 Å². The number of nitrogens with two attached hydrogens (primary N) is 1. The highest BCUT2D eigenvalue weighted by molar-refractivity contribution is 7.89. The van der Waals surface area contributed by atoms with Crippen molar-refractivity contribution in [1.82, 2.24) is 14.7 Å². The van der Waals surface area contributed by atoms with Crippen LogP contribution in [0.3, 0.4) is 0 Å². The molecule has 0 saturated heterocycles. The lowest BCUT2D eigenvalue weighted by Gasteiger charge is -2.08. The molecule has 0 unspecified atom stereocenters. The third-order valence-corrected chi connectivity index (χ3v) is 6.78. The SMILES string of the molecule is CCOc1cc2c([nH]c3ccc(S(=O)(=O)NCCc4ccccc4Cl)cc32)c(OC(N)=O)n1. The van der Waals surface area contributed by atoms with Crippen molar-refractivity contribution in [2.45, 2.75) is 18.2 Å². The highest BCUT2D eigenvalue weighted by Crippen LogP contribution is 2.34. The second kappa shape index (κ2) is 9.26. The number of hydrogen-bond acceptors (Lipinski definition) is 6. The van der Waals surface area contributed by atoms with E-state index in [-0.39, 0.29) is 23.2 Å². The normalized spacial score (nSPS) is 11.7. The van der Waals surface area contributed by atoms with E-state index >= 15 is 0 Å². The average molecular weight is 489 g/mol. The van der Waals surface area contributed by atoms with E-state index in [0.717, 1.165) is 5.56 Å². The summed E-state index contributed by atoms with van der Waals surface area (Å²) in [5, 5.41) is 1.76. The summed E-state index contributed by atoms with van der Waals surface area (Å²) in [6.07, 6.45) is -0.576. The lowest BCUT2D eigenvalue weighted by Crippen LogP contribution is -2.26. The van der Waals surface area contributed by atoms with Crippen LogP contribution in [-0.4, -0.2) is 37.6 Å². The van der Waals surface area contributed by atoms with Crippen molar-refractivity contribution in [2.75, 3.05) is 13.2 Å². The molecule has 0 fully saturated rings. The van der Waals surface area contributed by atoms with Crippen LogP contribution in [-0.2, 0) is 16.4 Å². The van der Waals surface area contributed by atoms with E-state index < -0.39 is 16.1 Å². The molecule has 0 spiro atoms. The van der Waals surface area contributed by atoms with E-state index in [2.05, 4.69) is 14.7 Å². The second-order valence-corrected chi connectivity index (χ2v) is 9.29. The number of rotatable bonds is 8. The molecule has 33 heavy (non-hydrogen) atoms. The predicted molar refractivity (Wildman–Crippen MR) is 125 cm³/mol. The van der Waals surface area contributed by atoms with Crippen LogP contribution in [0.4, 0.5) is 4.79 Å². The number of ether oxygens (including phenoxy) is 2. The molecule has 0 aliphatic carbocycles. The molecule has 0 atom stereocenters. The van der Waals surface area contributed by atoms with Crippen LogP contribution in [0.2, 0.25) is 5.02 Å². The number of halogens is 1. The second-order valence-electron chi connectivity index (χ2n) is 7.11. The zero-order chi connectivity index (χ0) is 23.6. The molecule has 11 heteroatoms. The fraction of sp³-hybridized carbons (Fsp3) is 0.182. The maximum Gasteiger partial charge on any atom is 0.411 e. The molecule has 2 aromatic carbocycles. The Morgan fingerprint density at radius 1 is 1.18 bits per heavy atom. The van der Waals surface area contributed by atoms with Gasteiger partial charge in [-0.3, -0.25) is 0 Å². The Labute approximate surface area is 194 Å². The maximum atomic E-state index is 12.9. The lowest BCUT2D eigenvalue weighted by molar-refractivity contribution is 0.209. The first kappa shape index (κ1) is 22.8. The van der Waals surface area contributed by atoms with Crippen LogP contribution in [0.1, 0.15) is 12.5 Å². The van der Waals surface area contributed by atoms with Crippen molar-refractivity contribution in [3.8, 4) is 11.8 Å². The molecule has 0 aliphatic rings. The zero-order valence-electron chi connectivity index (χ0n) is 17.6. The topological polar surface area (TPSA) is 136 Å². The molecule has 0 saturated carbocycles. The standard InChI is InChI=1S/C22H21ClN4O5S/c1-2-31-19-12-16-15-11-14(7-8-18(15)26-20(16)21(27-19)32-22(24)28)33(29,30)25-10-9-13-5-3-4-6-17(13)23/h3-8,11-12,25-26H,2,9-10H2,1H3,(H2,24,28). The van der Waals surface area contributed by atoms with Crippen molar-refractivity contribution in [3.05, 3.63) is 59.1 Å². The summed E-state index contributed by atoms with van der Waals surface area (Å²) in [7, 11) is -3.79. The molecular formula is C22H21ClN4O5S. The molecule has 4 rings (SSSR count). The number of hydrogen-bond donors (Lipinski definition) is 3. The number of fused-ring (bicyclic) bond motifs is 3. The Balaban J connectivity index is 1.68. The first-order valence-electron chi connectivity index (χ1n) is 10.1. The Bertz CT molecular complexity index is 1450. The van der Waals surface area contributed by atoms with Gasteiger partial charge in [0.25, 0.3) is 5.88 Å². The Morgan fingerprint density at radius 3 is 2.70 bits per heavy atom. The summed E-state index contributed by atoms with van der Waals surface area (Å²) in [5.74, 6) is 0.162. The van der Waals surface area contributed by atoms with Gasteiger partial charge in [-0.1, -0.05) is 29.8 Å². The number of benzene rings is 2. The molecule has 2 aromatic heterocycles. The van der Waals surface area contributed by atoms with Gasteiger partial charge in [0, 0.05) is 33.9 Å². The molecule has 172 valence electrons. The van der Waals surface area contributed by atoms with Gasteiger partial charge in [0.15, 0.2) is 0 Å². The number of aromatic nitrogens is 2. The Kier molecular flexibility index (Phi) is 6.41. The van der Waals surface area contributed by atoms with E-state index in [4.69, 9.17) is 26.8 Å². The monoisotopic (exact) mass is 488 g/mol. The Hall–Kier alpha value is -3.34. The summed E-state index contributed by atoms with van der Waals surface area (Å²) >= 11 is 6.14. The van der Waals surface area contributed by atoms with Gasteiger partial charge in [0.1, 0.15) is 5.52 Å². The van der Waals surface area contributed by atoms with E-state index in [9.17, 15) is 13.2 Å². The molecule has 4 N–H and O–H groups in total. The minimum atomic E-state index is -3.79. The number of nitrogens with one attached hydrogen (secondary N) is 2. The number of carbonyl (C=O) groups is 1. The molecule has 4 aromatic rings. The van der Waals surface area contributed by atoms with Crippen LogP contribution in [0.25, 0.3) is 21.8 Å². The fourth-order valence-electron chi connectivity index (χ4n) is 3.48. The lowest BCUT2D eigenvalue weighted by atomic mass is 10.1. The highest BCUT2D eigenvalue weighted by atomic mass is 35.5. The van der Waals surface area contributed by atoms with Crippen LogP contribution >= 0.6 is 11.6 Å². The largest absolute Gasteiger partial charge is 0.478 e. The van der Waals surface area contributed by atoms with E-state index in [0.29, 0.717) is 39.9 Å². The maximum absolute atomic E-state index is 12.9. The third kappa shape index (κ3) is 4.87. The Morgan fingerprint density at radius 2 is 1.97 bits per heavy atom. The van der Waals surface area contributed by atoms with Crippen LogP contribution in [0, 0.1) is 0 Å². The van der Waals surface area contributed by atoms with Crippen molar-refractivity contribution in [1.29, 1.82) is 0 Å². The molecule has 1 amide bonds. The summed E-state index contributed by atoms with van der Waals surface area (Å²) in [6.45, 7) is 2.31. The van der Waals surface area contributed by atoms with Gasteiger partial charge >= 0.3 is 6.09 Å². The third-order valence-electron chi connectivity index (χ3n) is 4.95. The van der Waals surface area contributed by atoms with E-state index in [1.54, 1.807) is 25.1 Å². The van der Waals surface area contributed by atoms with Crippen LogP contribution in [0.5, 0.6) is 11.8 Å². The molecule has 9 nitrogen and oxygen atoms in total. The van der Waals surface area contributed by atoms with Gasteiger partial charge in [-0.25, -0.2) is 17.9 Å². The van der Waals surface area contributed by atoms with Crippen molar-refractivity contribution in [3.63, 3.8) is 0 Å². The summed E-state index contributed by atoms with van der Waals surface area (Å²) in [5.41, 5.74) is 7.04. The number of pyridine rings is 1. The van der Waals surface area contributed by atoms with Crippen molar-refractivity contribution >= 4 is 49.5 Å². The van der Waals surface area contributed by atoms with Crippen molar-refractivity contribution in [2.24, 2.45) is 5.73 Å². The molecular weight excluding hydrogens is 468 g/mol. The number of amides is 1. The fourth-order valence-corrected chi connectivity index (χ4v) is 4.77. The molecule has 2 heterocycles. The first-order chi connectivity index (χ1) is 15.8. The van der Waals surface area contributed by atoms with Crippen molar-refractivity contribution < 1.29 is 22.7 Å². The van der Waals surface area contributed by atoms with Gasteiger partial charge in [0.2, 0.25) is 15.9 Å². The number of nitrogens with zero attached hydrogens (tertiary/aromatic N) is 1. The molecule has 0 aliphatic heterocycles. The minimum absolute atomic E-state index is 0.0538. The predicted octanol–water partition coefficient (Wildman–Crippen LogP) is 3.75. The summed E-state index contributed by atoms with van der Waals surface area (Å²) in [6, 6.07) is 13.6. The summed E-state index contributed by atoms with van der Waals surface area (Å²) < 4.78 is 38.9.